The van der Waals surface area contributed by atoms with Gasteiger partial charge in [0.2, 0.25) is 0 Å². The molecule has 0 aromatic rings. The summed E-state index contributed by atoms with van der Waals surface area (Å²) in [6.45, 7) is 8.15. The zero-order chi connectivity index (χ0) is 12.9. The first kappa shape index (κ1) is 13.1. The summed E-state index contributed by atoms with van der Waals surface area (Å²) in [5.74, 6) is 0.647. The van der Waals surface area contributed by atoms with E-state index in [9.17, 15) is 10.2 Å². The van der Waals surface area contributed by atoms with Crippen molar-refractivity contribution in [3.63, 3.8) is 0 Å². The van der Waals surface area contributed by atoms with Crippen molar-refractivity contribution in [2.24, 2.45) is 16.7 Å². The van der Waals surface area contributed by atoms with Crippen molar-refractivity contribution >= 4 is 0 Å². The summed E-state index contributed by atoms with van der Waals surface area (Å²) in [4.78, 5) is 0. The number of allylic oxidation sites excluding steroid dienone is 1. The van der Waals surface area contributed by atoms with Gasteiger partial charge in [0, 0.05) is 0 Å². The molecule has 2 fully saturated rings. The molecule has 17 heavy (non-hydrogen) atoms. The highest BCUT2D eigenvalue weighted by Gasteiger charge is 2.62. The van der Waals surface area contributed by atoms with Gasteiger partial charge < -0.3 is 10.2 Å². The van der Waals surface area contributed by atoms with E-state index in [0.717, 1.165) is 19.3 Å². The normalized spacial score (nSPS) is 46.0. The van der Waals surface area contributed by atoms with Gasteiger partial charge in [-0.2, -0.15) is 0 Å². The molecule has 0 aromatic carbocycles. The van der Waals surface area contributed by atoms with E-state index in [4.69, 9.17) is 0 Å². The topological polar surface area (TPSA) is 40.5 Å². The molecule has 0 aromatic heterocycles. The molecule has 0 heterocycles. The Labute approximate surface area is 105 Å². The van der Waals surface area contributed by atoms with Crippen LogP contribution < -0.4 is 0 Å². The van der Waals surface area contributed by atoms with Crippen LogP contribution in [0.3, 0.4) is 0 Å². The molecule has 2 aliphatic carbocycles. The van der Waals surface area contributed by atoms with Crippen LogP contribution in [0.25, 0.3) is 0 Å². The number of hydrogen-bond acceptors (Lipinski definition) is 2. The van der Waals surface area contributed by atoms with Crippen molar-refractivity contribution in [3.05, 3.63) is 12.2 Å². The zero-order valence-electron chi connectivity index (χ0n) is 11.5. The van der Waals surface area contributed by atoms with Gasteiger partial charge in [-0.1, -0.05) is 26.0 Å². The minimum atomic E-state index is -0.729. The molecule has 0 spiro atoms. The summed E-state index contributed by atoms with van der Waals surface area (Å²) in [5.41, 5.74) is -0.455. The van der Waals surface area contributed by atoms with Crippen molar-refractivity contribution in [1.82, 2.24) is 0 Å². The first-order valence-corrected chi connectivity index (χ1v) is 6.77. The molecule has 0 radical (unpaired) electrons. The Balaban J connectivity index is 2.13. The Morgan fingerprint density at radius 3 is 2.41 bits per heavy atom. The van der Waals surface area contributed by atoms with Crippen LogP contribution in [0.5, 0.6) is 0 Å². The van der Waals surface area contributed by atoms with Crippen LogP contribution in [0.1, 0.15) is 53.4 Å². The van der Waals surface area contributed by atoms with Crippen molar-refractivity contribution in [3.8, 4) is 0 Å². The maximum atomic E-state index is 10.2. The third-order valence-corrected chi connectivity index (χ3v) is 5.53. The van der Waals surface area contributed by atoms with Gasteiger partial charge in [0.25, 0.3) is 0 Å². The molecule has 4 atom stereocenters. The Morgan fingerprint density at radius 1 is 1.35 bits per heavy atom. The van der Waals surface area contributed by atoms with Crippen LogP contribution in [-0.4, -0.2) is 21.9 Å². The molecule has 2 aliphatic rings. The monoisotopic (exact) mass is 238 g/mol. The number of aliphatic hydroxyl groups is 2. The van der Waals surface area contributed by atoms with E-state index in [0.29, 0.717) is 5.92 Å². The van der Waals surface area contributed by atoms with Crippen LogP contribution in [0.2, 0.25) is 0 Å². The first-order valence-electron chi connectivity index (χ1n) is 6.77. The fraction of sp³-hybridized carbons (Fsp3) is 0.867. The highest BCUT2D eigenvalue weighted by atomic mass is 16.3. The molecule has 2 nitrogen and oxygen atoms in total. The van der Waals surface area contributed by atoms with E-state index < -0.39 is 5.60 Å². The van der Waals surface area contributed by atoms with E-state index in [1.807, 2.05) is 6.08 Å². The largest absolute Gasteiger partial charge is 0.393 e. The minimum absolute atomic E-state index is 0.0710. The van der Waals surface area contributed by atoms with Gasteiger partial charge in [-0.25, -0.2) is 0 Å². The summed E-state index contributed by atoms with van der Waals surface area (Å²) in [6, 6.07) is 0. The minimum Gasteiger partial charge on any atom is -0.393 e. The maximum Gasteiger partial charge on any atom is 0.0771 e. The zero-order valence-corrected chi connectivity index (χ0v) is 11.5. The van der Waals surface area contributed by atoms with Gasteiger partial charge in [-0.3, -0.25) is 0 Å². The predicted molar refractivity (Wildman–Crippen MR) is 69.6 cm³/mol. The molecule has 2 saturated carbocycles. The second-order valence-electron chi connectivity index (χ2n) is 7.08. The summed E-state index contributed by atoms with van der Waals surface area (Å²) in [5, 5.41) is 19.9. The predicted octanol–water partition coefficient (Wildman–Crippen LogP) is 2.89. The van der Waals surface area contributed by atoms with Crippen LogP contribution in [0, 0.1) is 16.7 Å². The second kappa shape index (κ2) is 3.83. The fourth-order valence-corrected chi connectivity index (χ4v) is 3.99. The van der Waals surface area contributed by atoms with Gasteiger partial charge in [0.15, 0.2) is 0 Å². The average Bonchev–Trinajstić information content (AvgIpc) is 2.50. The summed E-state index contributed by atoms with van der Waals surface area (Å²) in [6.07, 6.45) is 8.17. The number of rotatable bonds is 3. The number of fused-ring (bicyclic) bond motifs is 2. The molecule has 2 bridgehead atoms. The van der Waals surface area contributed by atoms with E-state index in [2.05, 4.69) is 19.9 Å². The maximum absolute atomic E-state index is 10.2. The number of hydrogen-bond donors (Lipinski definition) is 2. The average molecular weight is 238 g/mol. The van der Waals surface area contributed by atoms with Gasteiger partial charge >= 0.3 is 0 Å². The molecule has 98 valence electrons. The molecule has 2 N–H and O–H groups in total. The lowest BCUT2D eigenvalue weighted by atomic mass is 9.66. The third-order valence-electron chi connectivity index (χ3n) is 5.53. The molecule has 2 rings (SSSR count). The van der Waals surface area contributed by atoms with Crippen LogP contribution in [0.4, 0.5) is 0 Å². The highest BCUT2D eigenvalue weighted by molar-refractivity contribution is 5.15. The molecule has 2 heteroatoms. The van der Waals surface area contributed by atoms with E-state index in [1.165, 1.54) is 6.42 Å². The molecular weight excluding hydrogens is 212 g/mol. The molecule has 0 amide bonds. The lowest BCUT2D eigenvalue weighted by Crippen LogP contribution is -2.37. The smallest absolute Gasteiger partial charge is 0.0771 e. The SMILES string of the molecule is CC(C)(O)C=CCC1(C)C2CCC1(C)C(O)C2. The Hall–Kier alpha value is -0.340. The second-order valence-corrected chi connectivity index (χ2v) is 7.08. The Kier molecular flexibility index (Phi) is 2.95. The lowest BCUT2D eigenvalue weighted by Gasteiger charge is -2.39. The fourth-order valence-electron chi connectivity index (χ4n) is 3.99. The van der Waals surface area contributed by atoms with E-state index >= 15 is 0 Å². The van der Waals surface area contributed by atoms with Crippen LogP contribution >= 0.6 is 0 Å². The molecule has 0 saturated heterocycles. The lowest BCUT2D eigenvalue weighted by molar-refractivity contribution is 0.00624. The number of aliphatic hydroxyl groups excluding tert-OH is 1. The highest BCUT2D eigenvalue weighted by Crippen LogP contribution is 2.67. The van der Waals surface area contributed by atoms with Crippen LogP contribution in [-0.2, 0) is 0 Å². The third kappa shape index (κ3) is 1.96. The van der Waals surface area contributed by atoms with Gasteiger partial charge in [0.1, 0.15) is 0 Å². The first-order chi connectivity index (χ1) is 7.69. The van der Waals surface area contributed by atoms with Crippen molar-refractivity contribution in [2.75, 3.05) is 0 Å². The van der Waals surface area contributed by atoms with E-state index in [1.54, 1.807) is 13.8 Å². The molecule has 4 unspecified atom stereocenters. The Morgan fingerprint density at radius 2 is 2.00 bits per heavy atom. The van der Waals surface area contributed by atoms with Crippen molar-refractivity contribution < 1.29 is 10.2 Å². The van der Waals surface area contributed by atoms with E-state index in [-0.39, 0.29) is 16.9 Å². The van der Waals surface area contributed by atoms with Gasteiger partial charge in [-0.15, -0.1) is 0 Å². The molecule has 0 aliphatic heterocycles. The molecular formula is C15H26O2. The summed E-state index contributed by atoms with van der Waals surface area (Å²) < 4.78 is 0. The van der Waals surface area contributed by atoms with Crippen molar-refractivity contribution in [2.45, 2.75) is 65.1 Å². The van der Waals surface area contributed by atoms with Gasteiger partial charge in [-0.05, 0) is 56.3 Å². The van der Waals surface area contributed by atoms with Gasteiger partial charge in [0.05, 0.1) is 11.7 Å². The Bertz CT molecular complexity index is 328. The quantitative estimate of drug-likeness (QED) is 0.742. The summed E-state index contributed by atoms with van der Waals surface area (Å²) in [7, 11) is 0. The standard InChI is InChI=1S/C15H26O2/c1-13(2,17)7-5-8-14(3)11-6-9-15(14,4)12(16)10-11/h5,7,11-12,16-17H,6,8-10H2,1-4H3. The summed E-state index contributed by atoms with van der Waals surface area (Å²) >= 11 is 0. The van der Waals surface area contributed by atoms with Crippen molar-refractivity contribution in [1.29, 1.82) is 0 Å². The van der Waals surface area contributed by atoms with Crippen LogP contribution in [0.15, 0.2) is 12.2 Å².